The molecule has 1 amide bonds. The standard InChI is InChI=1S/C16H16F3NO3/c1-10(14(20)22)9-13(21)23-15(7-2-8-15)11-3-5-12(6-4-11)16(17,18)19/h3-6H,1-2,7-9H2,(H2,20,22). The molecule has 4 nitrogen and oxygen atoms in total. The van der Waals surface area contributed by atoms with Crippen molar-refractivity contribution in [3.63, 3.8) is 0 Å². The van der Waals surface area contributed by atoms with Crippen LogP contribution in [0.5, 0.6) is 0 Å². The SMILES string of the molecule is C=C(CC(=O)OC1(c2ccc(C(F)(F)F)cc2)CCC1)C(N)=O. The van der Waals surface area contributed by atoms with Gasteiger partial charge in [0.05, 0.1) is 12.0 Å². The van der Waals surface area contributed by atoms with Gasteiger partial charge in [0.15, 0.2) is 0 Å². The number of nitrogens with two attached hydrogens (primary N) is 1. The van der Waals surface area contributed by atoms with E-state index in [0.29, 0.717) is 18.4 Å². The van der Waals surface area contributed by atoms with Crippen LogP contribution in [0.25, 0.3) is 0 Å². The van der Waals surface area contributed by atoms with Crippen molar-refractivity contribution < 1.29 is 27.5 Å². The Morgan fingerprint density at radius 2 is 1.78 bits per heavy atom. The van der Waals surface area contributed by atoms with E-state index in [4.69, 9.17) is 10.5 Å². The van der Waals surface area contributed by atoms with E-state index in [-0.39, 0.29) is 12.0 Å². The van der Waals surface area contributed by atoms with E-state index in [1.165, 1.54) is 12.1 Å². The molecule has 2 N–H and O–H groups in total. The van der Waals surface area contributed by atoms with Gasteiger partial charge in [-0.3, -0.25) is 9.59 Å². The Morgan fingerprint density at radius 1 is 1.22 bits per heavy atom. The number of halogens is 3. The molecule has 0 heterocycles. The van der Waals surface area contributed by atoms with Gasteiger partial charge in [0, 0.05) is 5.57 Å². The van der Waals surface area contributed by atoms with Crippen LogP contribution in [0.4, 0.5) is 13.2 Å². The molecule has 1 aromatic carbocycles. The molecule has 124 valence electrons. The van der Waals surface area contributed by atoms with Crippen LogP contribution in [-0.2, 0) is 26.1 Å². The zero-order valence-corrected chi connectivity index (χ0v) is 12.3. The number of ether oxygens (including phenoxy) is 1. The lowest BCUT2D eigenvalue weighted by molar-refractivity contribution is -0.171. The fraction of sp³-hybridized carbons (Fsp3) is 0.375. The Hall–Kier alpha value is -2.31. The lowest BCUT2D eigenvalue weighted by atomic mass is 9.74. The first-order chi connectivity index (χ1) is 10.6. The highest BCUT2D eigenvalue weighted by molar-refractivity contribution is 5.95. The van der Waals surface area contributed by atoms with Crippen LogP contribution >= 0.6 is 0 Å². The lowest BCUT2D eigenvalue weighted by Crippen LogP contribution is -2.39. The maximum atomic E-state index is 12.6. The van der Waals surface area contributed by atoms with Gasteiger partial charge in [-0.25, -0.2) is 0 Å². The van der Waals surface area contributed by atoms with Crippen molar-refractivity contribution in [1.82, 2.24) is 0 Å². The zero-order chi connectivity index (χ0) is 17.3. The van der Waals surface area contributed by atoms with Gasteiger partial charge in [0.25, 0.3) is 0 Å². The minimum absolute atomic E-state index is 0.0723. The molecule has 1 aliphatic rings. The Kier molecular flexibility index (Phi) is 4.49. The smallest absolute Gasteiger partial charge is 0.416 e. The lowest BCUT2D eigenvalue weighted by Gasteiger charge is -2.41. The maximum Gasteiger partial charge on any atom is 0.416 e. The summed E-state index contributed by atoms with van der Waals surface area (Å²) in [6, 6.07) is 4.56. The Balaban J connectivity index is 2.13. The van der Waals surface area contributed by atoms with Crippen molar-refractivity contribution >= 4 is 11.9 Å². The van der Waals surface area contributed by atoms with Crippen LogP contribution in [-0.4, -0.2) is 11.9 Å². The molecule has 1 aromatic rings. The van der Waals surface area contributed by atoms with Crippen molar-refractivity contribution in [2.75, 3.05) is 0 Å². The Bertz CT molecular complexity index is 631. The number of hydrogen-bond donors (Lipinski definition) is 1. The second-order valence-corrected chi connectivity index (χ2v) is 5.54. The molecule has 23 heavy (non-hydrogen) atoms. The molecule has 0 atom stereocenters. The monoisotopic (exact) mass is 327 g/mol. The van der Waals surface area contributed by atoms with E-state index < -0.39 is 29.2 Å². The molecular weight excluding hydrogens is 311 g/mol. The highest BCUT2D eigenvalue weighted by Gasteiger charge is 2.43. The zero-order valence-electron chi connectivity index (χ0n) is 12.3. The van der Waals surface area contributed by atoms with E-state index in [1.54, 1.807) is 0 Å². The number of amides is 1. The summed E-state index contributed by atoms with van der Waals surface area (Å²) in [7, 11) is 0. The predicted octanol–water partition coefficient (Wildman–Crippen LogP) is 3.06. The first-order valence-corrected chi connectivity index (χ1v) is 7.01. The average Bonchev–Trinajstić information content (AvgIpc) is 2.42. The minimum atomic E-state index is -4.42. The van der Waals surface area contributed by atoms with Gasteiger partial charge in [-0.05, 0) is 37.0 Å². The quantitative estimate of drug-likeness (QED) is 0.667. The molecule has 7 heteroatoms. The highest BCUT2D eigenvalue weighted by Crippen LogP contribution is 2.45. The van der Waals surface area contributed by atoms with Crippen LogP contribution < -0.4 is 5.73 Å². The summed E-state index contributed by atoms with van der Waals surface area (Å²) >= 11 is 0. The van der Waals surface area contributed by atoms with Crippen molar-refractivity contribution in [2.45, 2.75) is 37.5 Å². The van der Waals surface area contributed by atoms with Crippen molar-refractivity contribution in [1.29, 1.82) is 0 Å². The molecular formula is C16H16F3NO3. The summed E-state index contributed by atoms with van der Waals surface area (Å²) in [6.45, 7) is 3.38. The van der Waals surface area contributed by atoms with E-state index in [2.05, 4.69) is 6.58 Å². The topological polar surface area (TPSA) is 69.4 Å². The van der Waals surface area contributed by atoms with Crippen LogP contribution in [0.1, 0.15) is 36.8 Å². The molecule has 1 saturated carbocycles. The first-order valence-electron chi connectivity index (χ1n) is 7.01. The molecule has 0 unspecified atom stereocenters. The third kappa shape index (κ3) is 3.72. The van der Waals surface area contributed by atoms with Gasteiger partial charge in [-0.15, -0.1) is 0 Å². The van der Waals surface area contributed by atoms with Crippen LogP contribution in [0.2, 0.25) is 0 Å². The second kappa shape index (κ2) is 6.06. The molecule has 0 aliphatic heterocycles. The fourth-order valence-corrected chi connectivity index (χ4v) is 2.43. The summed E-state index contributed by atoms with van der Waals surface area (Å²) < 4.78 is 43.2. The molecule has 0 saturated heterocycles. The molecule has 0 bridgehead atoms. The van der Waals surface area contributed by atoms with Gasteiger partial charge >= 0.3 is 12.1 Å². The van der Waals surface area contributed by atoms with Gasteiger partial charge in [0.2, 0.25) is 5.91 Å². The Morgan fingerprint density at radius 3 is 2.17 bits per heavy atom. The normalized spacial score (nSPS) is 16.3. The van der Waals surface area contributed by atoms with Gasteiger partial charge in [-0.1, -0.05) is 18.7 Å². The average molecular weight is 327 g/mol. The summed E-state index contributed by atoms with van der Waals surface area (Å²) in [5.74, 6) is -1.47. The van der Waals surface area contributed by atoms with Crippen LogP contribution in [0.15, 0.2) is 36.4 Å². The number of alkyl halides is 3. The summed E-state index contributed by atoms with van der Waals surface area (Å²) in [5.41, 5.74) is 3.76. The number of carbonyl (C=O) groups is 2. The van der Waals surface area contributed by atoms with E-state index in [9.17, 15) is 22.8 Å². The number of rotatable bonds is 5. The summed E-state index contributed by atoms with van der Waals surface area (Å²) in [5, 5.41) is 0. The molecule has 0 spiro atoms. The molecule has 1 fully saturated rings. The number of esters is 1. The molecule has 1 aliphatic carbocycles. The van der Waals surface area contributed by atoms with E-state index in [0.717, 1.165) is 18.6 Å². The number of primary amides is 1. The van der Waals surface area contributed by atoms with Crippen molar-refractivity contribution in [3.05, 3.63) is 47.5 Å². The van der Waals surface area contributed by atoms with Crippen molar-refractivity contribution in [3.8, 4) is 0 Å². The largest absolute Gasteiger partial charge is 0.454 e. The third-order valence-corrected chi connectivity index (χ3v) is 3.91. The van der Waals surface area contributed by atoms with Gasteiger partial charge < -0.3 is 10.5 Å². The third-order valence-electron chi connectivity index (χ3n) is 3.91. The molecule has 2 rings (SSSR count). The van der Waals surface area contributed by atoms with E-state index in [1.807, 2.05) is 0 Å². The number of hydrogen-bond acceptors (Lipinski definition) is 3. The highest BCUT2D eigenvalue weighted by atomic mass is 19.4. The minimum Gasteiger partial charge on any atom is -0.454 e. The molecule has 0 aromatic heterocycles. The number of benzene rings is 1. The second-order valence-electron chi connectivity index (χ2n) is 5.54. The summed E-state index contributed by atoms with van der Waals surface area (Å²) in [6.07, 6.45) is -2.91. The first kappa shape index (κ1) is 17.1. The summed E-state index contributed by atoms with van der Waals surface area (Å²) in [4.78, 5) is 22.8. The fourth-order valence-electron chi connectivity index (χ4n) is 2.43. The van der Waals surface area contributed by atoms with Crippen molar-refractivity contribution in [2.24, 2.45) is 5.73 Å². The predicted molar refractivity (Wildman–Crippen MR) is 76.0 cm³/mol. The molecule has 0 radical (unpaired) electrons. The van der Waals surface area contributed by atoms with Crippen LogP contribution in [0, 0.1) is 0 Å². The Labute approximate surface area is 131 Å². The van der Waals surface area contributed by atoms with E-state index >= 15 is 0 Å². The maximum absolute atomic E-state index is 12.6. The number of carbonyl (C=O) groups excluding carboxylic acids is 2. The van der Waals surface area contributed by atoms with Gasteiger partial charge in [-0.2, -0.15) is 13.2 Å². The van der Waals surface area contributed by atoms with Gasteiger partial charge in [0.1, 0.15) is 5.60 Å². The van der Waals surface area contributed by atoms with Crippen LogP contribution in [0.3, 0.4) is 0 Å².